The molecule has 2 nitrogen and oxygen atoms in total. The van der Waals surface area contributed by atoms with Crippen molar-refractivity contribution in [3.8, 4) is 0 Å². The van der Waals surface area contributed by atoms with Gasteiger partial charge in [-0.05, 0) is 16.8 Å². The van der Waals surface area contributed by atoms with Crippen LogP contribution < -0.4 is 5.43 Å². The van der Waals surface area contributed by atoms with Crippen LogP contribution in [-0.2, 0) is 0 Å². The molecule has 0 spiro atoms. The van der Waals surface area contributed by atoms with E-state index in [4.69, 9.17) is 4.42 Å². The molecular formula is C17H11FO2. The maximum atomic E-state index is 13.4. The Morgan fingerprint density at radius 1 is 1.20 bits per heavy atom. The summed E-state index contributed by atoms with van der Waals surface area (Å²) in [7, 11) is 0. The molecule has 1 heterocycles. The largest absolute Gasteiger partial charge is 0.453 e. The molecule has 0 aliphatic rings. The van der Waals surface area contributed by atoms with Gasteiger partial charge < -0.3 is 4.42 Å². The zero-order chi connectivity index (χ0) is 14.3. The molecule has 3 aromatic rings. The first kappa shape index (κ1) is 12.4. The maximum absolute atomic E-state index is 13.4. The van der Waals surface area contributed by atoms with Gasteiger partial charge in [0.15, 0.2) is 11.6 Å². The lowest BCUT2D eigenvalue weighted by Crippen LogP contribution is -2.08. The van der Waals surface area contributed by atoms with Crippen LogP contribution in [0.4, 0.5) is 4.39 Å². The fraction of sp³-hybridized carbons (Fsp3) is 0. The molecule has 0 aliphatic carbocycles. The Bertz CT molecular complexity index is 919. The highest BCUT2D eigenvalue weighted by Gasteiger charge is 2.16. The molecule has 0 aliphatic heterocycles. The molecule has 0 unspecified atom stereocenters. The van der Waals surface area contributed by atoms with Crippen LogP contribution in [0.1, 0.15) is 11.3 Å². The molecule has 0 atom stereocenters. The summed E-state index contributed by atoms with van der Waals surface area (Å²) in [6, 6.07) is 11.0. The first-order chi connectivity index (χ1) is 9.63. The van der Waals surface area contributed by atoms with Gasteiger partial charge in [-0.1, -0.05) is 49.6 Å². The molecule has 0 amide bonds. The smallest absolute Gasteiger partial charge is 0.201 e. The monoisotopic (exact) mass is 266 g/mol. The molecule has 0 bridgehead atoms. The van der Waals surface area contributed by atoms with E-state index in [0.29, 0.717) is 11.0 Å². The van der Waals surface area contributed by atoms with Crippen LogP contribution in [0.2, 0.25) is 0 Å². The summed E-state index contributed by atoms with van der Waals surface area (Å²) in [4.78, 5) is 12.6. The second kappa shape index (κ2) is 4.46. The quantitative estimate of drug-likeness (QED) is 0.638. The average Bonchev–Trinajstić information content (AvgIpc) is 2.46. The lowest BCUT2D eigenvalue weighted by atomic mass is 10.0. The van der Waals surface area contributed by atoms with Crippen molar-refractivity contribution in [1.82, 2.24) is 0 Å². The van der Waals surface area contributed by atoms with Crippen molar-refractivity contribution in [2.24, 2.45) is 0 Å². The second-order valence-corrected chi connectivity index (χ2v) is 4.44. The number of fused-ring (bicyclic) bond motifs is 3. The van der Waals surface area contributed by atoms with E-state index >= 15 is 0 Å². The molecule has 0 saturated heterocycles. The fourth-order valence-corrected chi connectivity index (χ4v) is 2.36. The first-order valence-electron chi connectivity index (χ1n) is 6.09. The fourth-order valence-electron chi connectivity index (χ4n) is 2.36. The predicted octanol–water partition coefficient (Wildman–Crippen LogP) is 4.53. The standard InChI is InChI=1S/C17H11FO2/c1-3-12-16(19)15-13-7-5-4-6-11(13)8-9-14(15)20-17(12)10(2)18/h3-9H,1-2H2. The summed E-state index contributed by atoms with van der Waals surface area (Å²) < 4.78 is 18.9. The zero-order valence-corrected chi connectivity index (χ0v) is 10.7. The van der Waals surface area contributed by atoms with E-state index < -0.39 is 5.83 Å². The van der Waals surface area contributed by atoms with Crippen LogP contribution in [0.25, 0.3) is 33.6 Å². The van der Waals surface area contributed by atoms with Gasteiger partial charge in [0.1, 0.15) is 5.58 Å². The molecule has 0 N–H and O–H groups in total. The molecule has 3 heteroatoms. The molecule has 0 fully saturated rings. The summed E-state index contributed by atoms with van der Waals surface area (Å²) in [5, 5.41) is 2.13. The van der Waals surface area contributed by atoms with Crippen molar-refractivity contribution in [2.45, 2.75) is 0 Å². The maximum Gasteiger partial charge on any atom is 0.201 e. The highest BCUT2D eigenvalue weighted by atomic mass is 19.1. The van der Waals surface area contributed by atoms with Gasteiger partial charge in [-0.3, -0.25) is 4.79 Å². The summed E-state index contributed by atoms with van der Waals surface area (Å²) in [6.07, 6.45) is 1.30. The Kier molecular flexibility index (Phi) is 2.75. The normalized spacial score (nSPS) is 10.8. The number of benzene rings is 2. The minimum atomic E-state index is -0.785. The van der Waals surface area contributed by atoms with Gasteiger partial charge in [0.05, 0.1) is 10.9 Å². The molecule has 3 rings (SSSR count). The lowest BCUT2D eigenvalue weighted by Gasteiger charge is -2.07. The summed E-state index contributed by atoms with van der Waals surface area (Å²) in [5.41, 5.74) is 0.140. The molecule has 0 saturated carbocycles. The van der Waals surface area contributed by atoms with Gasteiger partial charge in [-0.2, -0.15) is 0 Å². The molecular weight excluding hydrogens is 255 g/mol. The van der Waals surface area contributed by atoms with Gasteiger partial charge in [0.25, 0.3) is 0 Å². The summed E-state index contributed by atoms with van der Waals surface area (Å²) in [5.74, 6) is -0.945. The van der Waals surface area contributed by atoms with Gasteiger partial charge in [-0.15, -0.1) is 0 Å². The Labute approximate surface area is 114 Å². The minimum absolute atomic E-state index is 0.0985. The molecule has 20 heavy (non-hydrogen) atoms. The van der Waals surface area contributed by atoms with Crippen LogP contribution in [0.3, 0.4) is 0 Å². The van der Waals surface area contributed by atoms with Crippen molar-refractivity contribution in [3.63, 3.8) is 0 Å². The Balaban J connectivity index is 2.61. The van der Waals surface area contributed by atoms with Crippen LogP contribution >= 0.6 is 0 Å². The third-order valence-electron chi connectivity index (χ3n) is 3.27. The van der Waals surface area contributed by atoms with E-state index in [1.54, 1.807) is 6.07 Å². The van der Waals surface area contributed by atoms with E-state index in [2.05, 4.69) is 13.2 Å². The molecule has 2 aromatic carbocycles. The predicted molar refractivity (Wildman–Crippen MR) is 80.2 cm³/mol. The van der Waals surface area contributed by atoms with Crippen LogP contribution in [0.15, 0.2) is 58.8 Å². The topological polar surface area (TPSA) is 30.2 Å². The zero-order valence-electron chi connectivity index (χ0n) is 10.7. The Morgan fingerprint density at radius 3 is 2.65 bits per heavy atom. The number of hydrogen-bond donors (Lipinski definition) is 0. The summed E-state index contributed by atoms with van der Waals surface area (Å²) >= 11 is 0. The number of hydrogen-bond acceptors (Lipinski definition) is 2. The van der Waals surface area contributed by atoms with Gasteiger partial charge in [-0.25, -0.2) is 4.39 Å². The van der Waals surface area contributed by atoms with E-state index in [-0.39, 0.29) is 16.8 Å². The van der Waals surface area contributed by atoms with E-state index in [1.165, 1.54) is 6.08 Å². The lowest BCUT2D eigenvalue weighted by molar-refractivity contribution is 0.558. The van der Waals surface area contributed by atoms with E-state index in [9.17, 15) is 9.18 Å². The van der Waals surface area contributed by atoms with E-state index in [1.807, 2.05) is 30.3 Å². The number of rotatable bonds is 2. The highest BCUT2D eigenvalue weighted by Crippen LogP contribution is 2.27. The van der Waals surface area contributed by atoms with E-state index in [0.717, 1.165) is 10.8 Å². The second-order valence-electron chi connectivity index (χ2n) is 4.44. The van der Waals surface area contributed by atoms with Crippen molar-refractivity contribution < 1.29 is 8.81 Å². The third-order valence-corrected chi connectivity index (χ3v) is 3.27. The minimum Gasteiger partial charge on any atom is -0.453 e. The average molecular weight is 266 g/mol. The van der Waals surface area contributed by atoms with Crippen LogP contribution in [-0.4, -0.2) is 0 Å². The number of halogens is 1. The molecule has 0 radical (unpaired) electrons. The Hall–Kier alpha value is -2.68. The van der Waals surface area contributed by atoms with Crippen LogP contribution in [0, 0.1) is 0 Å². The van der Waals surface area contributed by atoms with Crippen molar-refractivity contribution in [2.75, 3.05) is 0 Å². The van der Waals surface area contributed by atoms with Crippen molar-refractivity contribution in [3.05, 3.63) is 71.1 Å². The highest BCUT2D eigenvalue weighted by molar-refractivity contribution is 6.06. The van der Waals surface area contributed by atoms with Gasteiger partial charge >= 0.3 is 0 Å². The molecule has 1 aromatic heterocycles. The van der Waals surface area contributed by atoms with Crippen molar-refractivity contribution in [1.29, 1.82) is 0 Å². The van der Waals surface area contributed by atoms with Gasteiger partial charge in [0, 0.05) is 0 Å². The Morgan fingerprint density at radius 2 is 1.95 bits per heavy atom. The molecule has 98 valence electrons. The SMILES string of the molecule is C=Cc1c(C(=C)F)oc2ccc3ccccc3c2c1=O. The van der Waals surface area contributed by atoms with Gasteiger partial charge in [0.2, 0.25) is 5.43 Å². The summed E-state index contributed by atoms with van der Waals surface area (Å²) in [6.45, 7) is 6.75. The van der Waals surface area contributed by atoms with Crippen molar-refractivity contribution >= 4 is 33.6 Å². The third kappa shape index (κ3) is 1.67. The van der Waals surface area contributed by atoms with Crippen LogP contribution in [0.5, 0.6) is 0 Å². The first-order valence-corrected chi connectivity index (χ1v) is 6.09.